The molecular formula is C21H30IN5O. The molecule has 7 heteroatoms. The van der Waals surface area contributed by atoms with Crippen LogP contribution in [-0.4, -0.2) is 40.8 Å². The van der Waals surface area contributed by atoms with Gasteiger partial charge in [0.1, 0.15) is 5.82 Å². The third-order valence-corrected chi connectivity index (χ3v) is 5.57. The maximum atomic E-state index is 5.92. The highest BCUT2D eigenvalue weighted by atomic mass is 127. The third kappa shape index (κ3) is 5.26. The minimum absolute atomic E-state index is 0. The van der Waals surface area contributed by atoms with Gasteiger partial charge in [-0.15, -0.1) is 24.0 Å². The normalized spacial score (nSPS) is 23.5. The molecule has 0 saturated carbocycles. The summed E-state index contributed by atoms with van der Waals surface area (Å²) in [5.41, 5.74) is 1.38. The Kier molecular flexibility index (Phi) is 7.73. The number of imidazole rings is 1. The largest absolute Gasteiger partial charge is 0.373 e. The van der Waals surface area contributed by atoms with Crippen molar-refractivity contribution in [2.24, 2.45) is 4.99 Å². The van der Waals surface area contributed by atoms with E-state index in [1.165, 1.54) is 12.0 Å². The van der Waals surface area contributed by atoms with Gasteiger partial charge in [0.15, 0.2) is 5.96 Å². The fourth-order valence-electron chi connectivity index (χ4n) is 4.13. The number of aliphatic imine (C=N–C) groups is 1. The molecule has 2 N–H and O–H groups in total. The molecule has 3 unspecified atom stereocenters. The monoisotopic (exact) mass is 495 g/mol. The molecule has 0 aliphatic carbocycles. The summed E-state index contributed by atoms with van der Waals surface area (Å²) in [7, 11) is 1.82. The highest BCUT2D eigenvalue weighted by molar-refractivity contribution is 14.0. The number of halogens is 1. The lowest BCUT2D eigenvalue weighted by molar-refractivity contribution is 0.0992. The summed E-state index contributed by atoms with van der Waals surface area (Å²) in [6.45, 7) is 1.64. The van der Waals surface area contributed by atoms with Gasteiger partial charge in [0.25, 0.3) is 0 Å². The van der Waals surface area contributed by atoms with Crippen molar-refractivity contribution >= 4 is 29.9 Å². The van der Waals surface area contributed by atoms with Gasteiger partial charge in [0, 0.05) is 26.0 Å². The molecule has 2 fully saturated rings. The number of rotatable bonds is 7. The summed E-state index contributed by atoms with van der Waals surface area (Å²) in [4.78, 5) is 8.88. The number of hydrogen-bond acceptors (Lipinski definition) is 3. The number of benzene rings is 1. The topological polar surface area (TPSA) is 63.5 Å². The second-order valence-electron chi connectivity index (χ2n) is 7.41. The van der Waals surface area contributed by atoms with Crippen molar-refractivity contribution < 1.29 is 4.74 Å². The number of ether oxygens (including phenoxy) is 1. The number of aromatic nitrogens is 2. The van der Waals surface area contributed by atoms with Crippen LogP contribution in [0.15, 0.2) is 47.7 Å². The van der Waals surface area contributed by atoms with Crippen molar-refractivity contribution in [3.63, 3.8) is 0 Å². The highest BCUT2D eigenvalue weighted by Gasteiger charge is 2.41. The third-order valence-electron chi connectivity index (χ3n) is 5.57. The SMILES string of the molecule is CN=C(NCc1nccn1CCCc1ccccc1)NC1CC2CCC1O2.I. The van der Waals surface area contributed by atoms with Crippen LogP contribution in [0.4, 0.5) is 0 Å². The zero-order chi connectivity index (χ0) is 18.5. The van der Waals surface area contributed by atoms with Crippen molar-refractivity contribution in [3.8, 4) is 0 Å². The van der Waals surface area contributed by atoms with Gasteiger partial charge < -0.3 is 19.9 Å². The van der Waals surface area contributed by atoms with Gasteiger partial charge in [-0.1, -0.05) is 30.3 Å². The van der Waals surface area contributed by atoms with E-state index in [1.54, 1.807) is 0 Å². The summed E-state index contributed by atoms with van der Waals surface area (Å²) in [5, 5.41) is 6.93. The fraction of sp³-hybridized carbons (Fsp3) is 0.524. The van der Waals surface area contributed by atoms with Crippen LogP contribution in [0.5, 0.6) is 0 Å². The Hall–Kier alpha value is -1.61. The molecule has 0 amide bonds. The molecule has 1 aromatic carbocycles. The summed E-state index contributed by atoms with van der Waals surface area (Å²) < 4.78 is 8.14. The van der Waals surface area contributed by atoms with Crippen molar-refractivity contribution in [2.45, 2.75) is 63.4 Å². The van der Waals surface area contributed by atoms with Gasteiger partial charge in [-0.05, 0) is 37.7 Å². The molecule has 2 bridgehead atoms. The average Bonchev–Trinajstić information content (AvgIpc) is 3.43. The van der Waals surface area contributed by atoms with Crippen LogP contribution in [0.3, 0.4) is 0 Å². The zero-order valence-electron chi connectivity index (χ0n) is 16.4. The number of aryl methyl sites for hydroxylation is 2. The van der Waals surface area contributed by atoms with Gasteiger partial charge in [-0.3, -0.25) is 4.99 Å². The molecule has 2 saturated heterocycles. The van der Waals surface area contributed by atoms with Crippen molar-refractivity contribution in [1.29, 1.82) is 0 Å². The van der Waals surface area contributed by atoms with Crippen LogP contribution < -0.4 is 10.6 Å². The molecule has 3 atom stereocenters. The Bertz CT molecular complexity index is 763. The highest BCUT2D eigenvalue weighted by Crippen LogP contribution is 2.34. The second kappa shape index (κ2) is 10.2. The van der Waals surface area contributed by atoms with Gasteiger partial charge in [0.05, 0.1) is 24.8 Å². The van der Waals surface area contributed by atoms with Crippen LogP contribution in [0.2, 0.25) is 0 Å². The lowest BCUT2D eigenvalue weighted by atomic mass is 9.96. The lowest BCUT2D eigenvalue weighted by Crippen LogP contribution is -2.47. The van der Waals surface area contributed by atoms with E-state index in [1.807, 2.05) is 13.2 Å². The first kappa shape index (κ1) is 21.1. The van der Waals surface area contributed by atoms with E-state index in [4.69, 9.17) is 4.74 Å². The number of nitrogens with zero attached hydrogens (tertiary/aromatic N) is 3. The summed E-state index contributed by atoms with van der Waals surface area (Å²) in [6, 6.07) is 11.0. The Labute approximate surface area is 184 Å². The number of fused-ring (bicyclic) bond motifs is 2. The average molecular weight is 495 g/mol. The standard InChI is InChI=1S/C21H29N5O.HI/c1-22-21(25-18-14-17-9-10-19(18)27-17)24-15-20-23-11-13-26(20)12-5-8-16-6-3-2-4-7-16;/h2-4,6-7,11,13,17-19H,5,8-10,12,14-15H2,1H3,(H2,22,24,25);1H. The van der Waals surface area contributed by atoms with E-state index in [9.17, 15) is 0 Å². The van der Waals surface area contributed by atoms with Crippen molar-refractivity contribution in [2.75, 3.05) is 7.05 Å². The Balaban J connectivity index is 0.00000225. The molecule has 2 aliphatic heterocycles. The number of nitrogens with one attached hydrogen (secondary N) is 2. The van der Waals surface area contributed by atoms with Crippen LogP contribution >= 0.6 is 24.0 Å². The maximum Gasteiger partial charge on any atom is 0.191 e. The molecule has 1 aromatic heterocycles. The fourth-order valence-corrected chi connectivity index (χ4v) is 4.13. The lowest BCUT2D eigenvalue weighted by Gasteiger charge is -2.22. The molecule has 0 radical (unpaired) electrons. The number of guanidine groups is 1. The molecule has 28 heavy (non-hydrogen) atoms. The van der Waals surface area contributed by atoms with Crippen LogP contribution in [0.1, 0.15) is 37.1 Å². The minimum atomic E-state index is 0. The molecule has 0 spiro atoms. The van der Waals surface area contributed by atoms with E-state index >= 15 is 0 Å². The van der Waals surface area contributed by atoms with Gasteiger partial charge in [0.2, 0.25) is 0 Å². The van der Waals surface area contributed by atoms with Gasteiger partial charge >= 0.3 is 0 Å². The van der Waals surface area contributed by atoms with Crippen LogP contribution in [0, 0.1) is 0 Å². The van der Waals surface area contributed by atoms with Crippen molar-refractivity contribution in [1.82, 2.24) is 20.2 Å². The first-order valence-corrected chi connectivity index (χ1v) is 9.98. The Morgan fingerprint density at radius 1 is 1.29 bits per heavy atom. The van der Waals surface area contributed by atoms with E-state index < -0.39 is 0 Å². The Morgan fingerprint density at radius 2 is 2.14 bits per heavy atom. The molecular weight excluding hydrogens is 465 g/mol. The zero-order valence-corrected chi connectivity index (χ0v) is 18.7. The van der Waals surface area contributed by atoms with E-state index in [-0.39, 0.29) is 24.0 Å². The summed E-state index contributed by atoms with van der Waals surface area (Å²) in [6.07, 6.45) is 10.3. The van der Waals surface area contributed by atoms with E-state index in [2.05, 4.69) is 61.7 Å². The molecule has 4 rings (SSSR count). The molecule has 3 heterocycles. The predicted molar refractivity (Wildman–Crippen MR) is 122 cm³/mol. The van der Waals surface area contributed by atoms with Gasteiger partial charge in [-0.2, -0.15) is 0 Å². The summed E-state index contributed by atoms with van der Waals surface area (Å²) >= 11 is 0. The summed E-state index contributed by atoms with van der Waals surface area (Å²) in [5.74, 6) is 1.87. The predicted octanol–water partition coefficient (Wildman–Crippen LogP) is 3.12. The smallest absolute Gasteiger partial charge is 0.191 e. The Morgan fingerprint density at radius 3 is 2.86 bits per heavy atom. The van der Waals surface area contributed by atoms with Crippen LogP contribution in [0.25, 0.3) is 0 Å². The first-order chi connectivity index (χ1) is 13.3. The minimum Gasteiger partial charge on any atom is -0.373 e. The number of hydrogen-bond donors (Lipinski definition) is 2. The molecule has 2 aliphatic rings. The first-order valence-electron chi connectivity index (χ1n) is 9.98. The second-order valence-corrected chi connectivity index (χ2v) is 7.41. The quantitative estimate of drug-likeness (QED) is 0.352. The van der Waals surface area contributed by atoms with Crippen molar-refractivity contribution in [3.05, 3.63) is 54.1 Å². The van der Waals surface area contributed by atoms with E-state index in [0.717, 1.165) is 44.0 Å². The maximum absolute atomic E-state index is 5.92. The van der Waals surface area contributed by atoms with Crippen LogP contribution in [-0.2, 0) is 24.2 Å². The van der Waals surface area contributed by atoms with E-state index in [0.29, 0.717) is 24.8 Å². The molecule has 2 aromatic rings. The van der Waals surface area contributed by atoms with Gasteiger partial charge in [-0.25, -0.2) is 4.98 Å². The molecule has 152 valence electrons. The molecule has 6 nitrogen and oxygen atoms in total.